The van der Waals surface area contributed by atoms with E-state index >= 15 is 0 Å². The van der Waals surface area contributed by atoms with E-state index in [-0.39, 0.29) is 16.5 Å². The fourth-order valence-corrected chi connectivity index (χ4v) is 4.90. The van der Waals surface area contributed by atoms with E-state index in [0.29, 0.717) is 0 Å². The molecule has 16 heteroatoms. The Morgan fingerprint density at radius 2 is 1.50 bits per heavy atom. The minimum Gasteiger partial charge on any atom is -0.755 e. The van der Waals surface area contributed by atoms with Crippen LogP contribution < -0.4 is 9.42 Å². The minimum absolute atomic E-state index is 0.0226. The fourth-order valence-electron chi connectivity index (χ4n) is 1.91. The van der Waals surface area contributed by atoms with E-state index in [1.54, 1.807) is 0 Å². The molecule has 0 amide bonds. The lowest BCUT2D eigenvalue weighted by molar-refractivity contribution is -0.728. The molecule has 4 N–H and O–H groups in total. The van der Waals surface area contributed by atoms with Crippen molar-refractivity contribution in [3.8, 4) is 5.75 Å². The summed E-state index contributed by atoms with van der Waals surface area (Å²) in [6.07, 6.45) is 0. The van der Waals surface area contributed by atoms with Crippen molar-refractivity contribution in [3.05, 3.63) is 41.3 Å². The predicted molar refractivity (Wildman–Crippen MR) is 81.3 cm³/mol. The molecule has 0 saturated carbocycles. The van der Waals surface area contributed by atoms with Crippen molar-refractivity contribution in [3.63, 3.8) is 0 Å². The maximum absolute atomic E-state index is 11.8. The first-order valence-electron chi connectivity index (χ1n) is 6.29. The van der Waals surface area contributed by atoms with Gasteiger partial charge in [0.15, 0.2) is 0 Å². The summed E-state index contributed by atoms with van der Waals surface area (Å²) in [5.74, 6) is -0.423. The van der Waals surface area contributed by atoms with Gasteiger partial charge in [-0.3, -0.25) is 9.46 Å². The molecule has 0 aromatic heterocycles. The summed E-state index contributed by atoms with van der Waals surface area (Å²) in [4.78, 5) is 48.3. The normalized spacial score (nSPS) is 16.6. The number of hydrogen-bond acceptors (Lipinski definition) is 8. The second kappa shape index (κ2) is 7.16. The highest BCUT2D eigenvalue weighted by Gasteiger charge is 2.35. The van der Waals surface area contributed by atoms with Gasteiger partial charge in [-0.15, -0.1) is 0 Å². The van der Waals surface area contributed by atoms with Crippen LogP contribution in [0.5, 0.6) is 5.75 Å². The van der Waals surface area contributed by atoms with Crippen LogP contribution in [0.2, 0.25) is 0 Å². The molecule has 2 rings (SSSR count). The van der Waals surface area contributed by atoms with E-state index < -0.39 is 34.1 Å². The zero-order valence-corrected chi connectivity index (χ0v) is 15.0. The Labute approximate surface area is 144 Å². The Hall–Kier alpha value is -1.65. The number of phosphoric acid groups is 3. The smallest absolute Gasteiger partial charge is 0.534 e. The van der Waals surface area contributed by atoms with E-state index in [9.17, 15) is 28.4 Å². The molecule has 2 unspecified atom stereocenters. The van der Waals surface area contributed by atoms with Gasteiger partial charge >= 0.3 is 21.3 Å². The molecule has 2 aromatic carbocycles. The summed E-state index contributed by atoms with van der Waals surface area (Å²) in [6, 6.07) is 7.58. The van der Waals surface area contributed by atoms with Crippen molar-refractivity contribution in [1.82, 2.24) is 0 Å². The van der Waals surface area contributed by atoms with Crippen molar-refractivity contribution >= 4 is 39.9 Å². The molecule has 2 atom stereocenters. The first-order valence-corrected chi connectivity index (χ1v) is 10.8. The van der Waals surface area contributed by atoms with Crippen molar-refractivity contribution in [2.45, 2.75) is 0 Å². The molecular formula is C10H10NO12P3. The first-order chi connectivity index (χ1) is 11.8. The average Bonchev–Trinajstić information content (AvgIpc) is 2.42. The quantitative estimate of drug-likeness (QED) is 0.367. The van der Waals surface area contributed by atoms with Crippen LogP contribution in [0.1, 0.15) is 0 Å². The van der Waals surface area contributed by atoms with Gasteiger partial charge in [-0.25, -0.2) is 23.0 Å². The topological polar surface area (TPSA) is 203 Å². The Balaban J connectivity index is 2.37. The lowest BCUT2D eigenvalue weighted by Gasteiger charge is -2.24. The summed E-state index contributed by atoms with van der Waals surface area (Å²) >= 11 is 0. The highest BCUT2D eigenvalue weighted by Crippen LogP contribution is 2.64. The van der Waals surface area contributed by atoms with Crippen LogP contribution >= 0.6 is 23.5 Å². The average molecular weight is 429 g/mol. The number of phosphoric ester groups is 1. The molecule has 13 nitrogen and oxygen atoms in total. The Kier molecular flexibility index (Phi) is 5.69. The van der Waals surface area contributed by atoms with Gasteiger partial charge in [0, 0.05) is 11.5 Å². The standard InChI is InChI=1S/C10H10NO12P3/c12-11(13)9-5-6-10(8-4-2-1-3-7(8)9)21-25(17,18)23-26(19,20)22-24(14,15)16/h1-6H,(H4-,12,13,14,15,16,17,18,19,20). The molecule has 0 aliphatic rings. The molecule has 0 aliphatic carbocycles. The van der Waals surface area contributed by atoms with Gasteiger partial charge in [0.2, 0.25) is 0 Å². The van der Waals surface area contributed by atoms with Gasteiger partial charge in [0.05, 0.1) is 10.3 Å². The maximum Gasteiger partial charge on any atom is 0.534 e. The molecule has 2 aromatic rings. The molecule has 0 fully saturated rings. The Bertz CT molecular complexity index is 1000. The van der Waals surface area contributed by atoms with Crippen LogP contribution in [0.25, 0.3) is 10.8 Å². The molecular weight excluding hydrogens is 419 g/mol. The van der Waals surface area contributed by atoms with Gasteiger partial charge in [0.25, 0.3) is 12.7 Å². The summed E-state index contributed by atoms with van der Waals surface area (Å²) < 4.78 is 45.2. The lowest BCUT2D eigenvalue weighted by Crippen LogP contribution is -2.08. The number of fused-ring (bicyclic) bond motifs is 1. The number of benzene rings is 2. The van der Waals surface area contributed by atoms with Crippen molar-refractivity contribution in [2.75, 3.05) is 0 Å². The highest BCUT2D eigenvalue weighted by molar-refractivity contribution is 7.66. The first kappa shape index (κ1) is 20.7. The fraction of sp³-hybridized carbons (Fsp3) is 0. The number of hydrogen-bond donors (Lipinski definition) is 4. The van der Waals surface area contributed by atoms with E-state index in [1.165, 1.54) is 24.3 Å². The van der Waals surface area contributed by atoms with Crippen LogP contribution in [0.3, 0.4) is 0 Å². The second-order valence-corrected chi connectivity index (χ2v) is 8.86. The monoisotopic (exact) mass is 429 g/mol. The minimum atomic E-state index is -5.91. The third-order valence-corrected chi connectivity index (χ3v) is 6.39. The summed E-state index contributed by atoms with van der Waals surface area (Å²) in [5.41, 5.74) is -0.235. The van der Waals surface area contributed by atoms with E-state index in [1.807, 2.05) is 0 Å². The summed E-state index contributed by atoms with van der Waals surface area (Å²) in [5, 5.41) is 9.15. The van der Waals surface area contributed by atoms with Crippen molar-refractivity contribution in [2.24, 2.45) is 0 Å². The third-order valence-electron chi connectivity index (χ3n) is 2.69. The van der Waals surface area contributed by atoms with Crippen LogP contribution in [-0.4, -0.2) is 24.8 Å². The SMILES string of the molecule is O=[N+](O)c1ccc(OP(=O)(O)OP(=O)([O-])OP(=O)(O)O)c2ccccc12. The van der Waals surface area contributed by atoms with Crippen LogP contribution in [0, 0.1) is 4.91 Å². The second-order valence-electron chi connectivity index (χ2n) is 4.56. The predicted octanol–water partition coefficient (Wildman–Crippen LogP) is 1.71. The number of nitrogens with zero attached hydrogens (tertiary/aromatic N) is 1. The summed E-state index contributed by atoms with van der Waals surface area (Å²) in [7, 11) is -16.9. The molecule has 0 spiro atoms. The molecule has 0 bridgehead atoms. The molecule has 26 heavy (non-hydrogen) atoms. The Morgan fingerprint density at radius 1 is 0.923 bits per heavy atom. The van der Waals surface area contributed by atoms with E-state index in [0.717, 1.165) is 12.1 Å². The van der Waals surface area contributed by atoms with Crippen molar-refractivity contribution < 1.29 is 56.5 Å². The van der Waals surface area contributed by atoms with Crippen LogP contribution in [0.4, 0.5) is 5.69 Å². The van der Waals surface area contributed by atoms with Crippen molar-refractivity contribution in [1.29, 1.82) is 0 Å². The van der Waals surface area contributed by atoms with Crippen LogP contribution in [-0.2, 0) is 22.3 Å². The Morgan fingerprint density at radius 3 is 2.04 bits per heavy atom. The highest BCUT2D eigenvalue weighted by atomic mass is 31.3. The molecule has 142 valence electrons. The number of rotatable bonds is 7. The lowest BCUT2D eigenvalue weighted by atomic mass is 10.1. The van der Waals surface area contributed by atoms with Gasteiger partial charge in [-0.05, 0) is 12.1 Å². The maximum atomic E-state index is 11.8. The molecule has 0 radical (unpaired) electrons. The van der Waals surface area contributed by atoms with Gasteiger partial charge in [0.1, 0.15) is 5.75 Å². The third kappa shape index (κ3) is 5.42. The van der Waals surface area contributed by atoms with Crippen LogP contribution in [0.15, 0.2) is 36.4 Å². The largest absolute Gasteiger partial charge is 0.755 e. The molecule has 0 aliphatic heterocycles. The molecule has 0 saturated heterocycles. The van der Waals surface area contributed by atoms with E-state index in [4.69, 9.17) is 15.0 Å². The zero-order valence-electron chi connectivity index (χ0n) is 12.3. The molecule has 0 heterocycles. The summed E-state index contributed by atoms with van der Waals surface area (Å²) in [6.45, 7) is 0. The van der Waals surface area contributed by atoms with Gasteiger partial charge in [-0.2, -0.15) is 0 Å². The van der Waals surface area contributed by atoms with E-state index in [2.05, 4.69) is 13.1 Å². The zero-order chi connectivity index (χ0) is 19.8. The van der Waals surface area contributed by atoms with Gasteiger partial charge in [-0.1, -0.05) is 18.2 Å². The van der Waals surface area contributed by atoms with Gasteiger partial charge < -0.3 is 19.2 Å².